The zero-order valence-electron chi connectivity index (χ0n) is 20.4. The third-order valence-corrected chi connectivity index (χ3v) is 6.84. The van der Waals surface area contributed by atoms with Gasteiger partial charge in [0.15, 0.2) is 12.1 Å². The fraction of sp³-hybridized carbons (Fsp3) is 0.286. The Morgan fingerprint density at radius 3 is 2.41 bits per heavy atom. The maximum absolute atomic E-state index is 13.1. The van der Waals surface area contributed by atoms with Crippen molar-refractivity contribution in [2.45, 2.75) is 13.1 Å². The van der Waals surface area contributed by atoms with Crippen LogP contribution in [0.25, 0.3) is 11.3 Å². The Balaban J connectivity index is 1.28. The van der Waals surface area contributed by atoms with Crippen molar-refractivity contribution in [1.29, 1.82) is 5.26 Å². The van der Waals surface area contributed by atoms with E-state index < -0.39 is 0 Å². The third kappa shape index (κ3) is 5.03. The maximum atomic E-state index is 13.1. The van der Waals surface area contributed by atoms with Crippen molar-refractivity contribution in [2.75, 3.05) is 44.7 Å². The molecule has 9 nitrogen and oxygen atoms in total. The molecule has 1 fully saturated rings. The monoisotopic (exact) mass is 497 g/mol. The molecule has 0 saturated carbocycles. The quantitative estimate of drug-likeness (QED) is 0.413. The minimum Gasteiger partial charge on any atom is -0.379 e. The van der Waals surface area contributed by atoms with E-state index in [0.29, 0.717) is 72.9 Å². The molecule has 2 aliphatic rings. The number of ether oxygens (including phenoxy) is 1. The van der Waals surface area contributed by atoms with Gasteiger partial charge in [-0.05, 0) is 29.8 Å². The Hall–Kier alpha value is -4.26. The molecule has 5 rings (SSSR count). The highest BCUT2D eigenvalue weighted by molar-refractivity contribution is 5.98. The maximum Gasteiger partial charge on any atom is 0.322 e. The SMILES string of the molecule is N#Cc1c(C=O)c2n(c1-c1ccccc1)CCN(C(=O)Nc1ccc(C(=O)CN3CCOCC3)cc1)C2. The lowest BCUT2D eigenvalue weighted by Gasteiger charge is -2.30. The van der Waals surface area contributed by atoms with Crippen LogP contribution in [-0.2, 0) is 17.8 Å². The second kappa shape index (κ2) is 10.8. The summed E-state index contributed by atoms with van der Waals surface area (Å²) in [4.78, 5) is 41.3. The molecule has 3 heterocycles. The molecule has 0 aliphatic carbocycles. The normalized spacial score (nSPS) is 15.5. The molecule has 1 aromatic heterocycles. The number of rotatable bonds is 6. The molecule has 2 aliphatic heterocycles. The fourth-order valence-electron chi connectivity index (χ4n) is 4.89. The molecule has 0 atom stereocenters. The van der Waals surface area contributed by atoms with Gasteiger partial charge in [0, 0.05) is 43.1 Å². The second-order valence-electron chi connectivity index (χ2n) is 9.07. The Bertz CT molecular complexity index is 1350. The number of anilines is 1. The van der Waals surface area contributed by atoms with Crippen LogP contribution in [0.4, 0.5) is 10.5 Å². The van der Waals surface area contributed by atoms with Crippen molar-refractivity contribution < 1.29 is 19.1 Å². The molecule has 0 spiro atoms. The zero-order valence-corrected chi connectivity index (χ0v) is 20.4. The van der Waals surface area contributed by atoms with Crippen LogP contribution in [0.15, 0.2) is 54.6 Å². The average molecular weight is 498 g/mol. The molecule has 1 N–H and O–H groups in total. The summed E-state index contributed by atoms with van der Waals surface area (Å²) in [5.74, 6) is 0.0282. The summed E-state index contributed by atoms with van der Waals surface area (Å²) >= 11 is 0. The molecular formula is C28H27N5O4. The number of fused-ring (bicyclic) bond motifs is 1. The number of hydrogen-bond donors (Lipinski definition) is 1. The first kappa shape index (κ1) is 24.4. The number of nitrogens with one attached hydrogen (secondary N) is 1. The number of hydrogen-bond acceptors (Lipinski definition) is 6. The second-order valence-corrected chi connectivity index (χ2v) is 9.07. The van der Waals surface area contributed by atoms with Gasteiger partial charge in [-0.15, -0.1) is 0 Å². The first-order valence-electron chi connectivity index (χ1n) is 12.2. The summed E-state index contributed by atoms with van der Waals surface area (Å²) in [7, 11) is 0. The molecule has 2 amide bonds. The van der Waals surface area contributed by atoms with E-state index in [0.717, 1.165) is 18.7 Å². The summed E-state index contributed by atoms with van der Waals surface area (Å²) in [6.45, 7) is 4.20. The van der Waals surface area contributed by atoms with Crippen LogP contribution >= 0.6 is 0 Å². The number of nitrogens with zero attached hydrogens (tertiary/aromatic N) is 4. The van der Waals surface area contributed by atoms with Gasteiger partial charge in [0.2, 0.25) is 0 Å². The van der Waals surface area contributed by atoms with Crippen LogP contribution in [0.1, 0.15) is 32.0 Å². The van der Waals surface area contributed by atoms with Gasteiger partial charge in [-0.3, -0.25) is 14.5 Å². The largest absolute Gasteiger partial charge is 0.379 e. The smallest absolute Gasteiger partial charge is 0.322 e. The van der Waals surface area contributed by atoms with Crippen molar-refractivity contribution in [2.24, 2.45) is 0 Å². The molecule has 1 saturated heterocycles. The van der Waals surface area contributed by atoms with Crippen molar-refractivity contribution in [3.05, 3.63) is 77.0 Å². The summed E-state index contributed by atoms with van der Waals surface area (Å²) in [5, 5.41) is 12.7. The summed E-state index contributed by atoms with van der Waals surface area (Å²) in [6, 6.07) is 18.2. The Morgan fingerprint density at radius 1 is 1.00 bits per heavy atom. The lowest BCUT2D eigenvalue weighted by molar-refractivity contribution is 0.0371. The highest BCUT2D eigenvalue weighted by atomic mass is 16.5. The number of aldehydes is 1. The van der Waals surface area contributed by atoms with Crippen molar-refractivity contribution in [3.8, 4) is 17.3 Å². The Morgan fingerprint density at radius 2 is 1.73 bits per heavy atom. The van der Waals surface area contributed by atoms with Crippen LogP contribution in [0.5, 0.6) is 0 Å². The Kier molecular flexibility index (Phi) is 7.12. The molecule has 188 valence electrons. The number of urea groups is 1. The fourth-order valence-corrected chi connectivity index (χ4v) is 4.89. The highest BCUT2D eigenvalue weighted by Gasteiger charge is 2.30. The van der Waals surface area contributed by atoms with Crippen LogP contribution in [0.2, 0.25) is 0 Å². The molecule has 0 unspecified atom stereocenters. The summed E-state index contributed by atoms with van der Waals surface area (Å²) in [5.41, 5.74) is 4.03. The van der Waals surface area contributed by atoms with Gasteiger partial charge >= 0.3 is 6.03 Å². The number of aromatic nitrogens is 1. The van der Waals surface area contributed by atoms with Gasteiger partial charge in [0.05, 0.1) is 43.1 Å². The number of amides is 2. The molecular weight excluding hydrogens is 470 g/mol. The van der Waals surface area contributed by atoms with E-state index in [4.69, 9.17) is 4.74 Å². The molecule has 0 radical (unpaired) electrons. The van der Waals surface area contributed by atoms with Gasteiger partial charge in [-0.25, -0.2) is 4.79 Å². The number of nitriles is 1. The van der Waals surface area contributed by atoms with E-state index in [1.54, 1.807) is 29.2 Å². The molecule has 3 aromatic rings. The number of benzene rings is 2. The van der Waals surface area contributed by atoms with E-state index in [1.165, 1.54) is 0 Å². The van der Waals surface area contributed by atoms with Crippen LogP contribution < -0.4 is 5.32 Å². The van der Waals surface area contributed by atoms with E-state index >= 15 is 0 Å². The predicted octanol–water partition coefficient (Wildman–Crippen LogP) is 3.40. The minimum atomic E-state index is -0.309. The number of morpholine rings is 1. The van der Waals surface area contributed by atoms with E-state index in [2.05, 4.69) is 16.3 Å². The average Bonchev–Trinajstić information content (AvgIpc) is 3.27. The molecule has 0 bridgehead atoms. The number of Topliss-reactive ketones (excluding diaryl/α,β-unsaturated/α-hetero) is 1. The van der Waals surface area contributed by atoms with Crippen molar-refractivity contribution >= 4 is 23.8 Å². The van der Waals surface area contributed by atoms with Gasteiger partial charge in [0.25, 0.3) is 0 Å². The predicted molar refractivity (Wildman–Crippen MR) is 137 cm³/mol. The molecule has 37 heavy (non-hydrogen) atoms. The summed E-state index contributed by atoms with van der Waals surface area (Å²) < 4.78 is 7.29. The van der Waals surface area contributed by atoms with Crippen LogP contribution in [0, 0.1) is 11.3 Å². The first-order valence-corrected chi connectivity index (χ1v) is 12.2. The third-order valence-electron chi connectivity index (χ3n) is 6.84. The van der Waals surface area contributed by atoms with Crippen LogP contribution in [0.3, 0.4) is 0 Å². The minimum absolute atomic E-state index is 0.0282. The number of carbonyl (C=O) groups excluding carboxylic acids is 3. The first-order chi connectivity index (χ1) is 18.1. The van der Waals surface area contributed by atoms with Gasteiger partial charge in [-0.2, -0.15) is 5.26 Å². The van der Waals surface area contributed by atoms with E-state index in [-0.39, 0.29) is 18.4 Å². The number of ketones is 1. The van der Waals surface area contributed by atoms with Gasteiger partial charge in [0.1, 0.15) is 6.07 Å². The van der Waals surface area contributed by atoms with E-state index in [9.17, 15) is 19.6 Å². The Labute approximate surface area is 214 Å². The zero-order chi connectivity index (χ0) is 25.8. The lowest BCUT2D eigenvalue weighted by Crippen LogP contribution is -2.41. The highest BCUT2D eigenvalue weighted by Crippen LogP contribution is 2.33. The lowest BCUT2D eigenvalue weighted by atomic mass is 10.1. The van der Waals surface area contributed by atoms with Gasteiger partial charge < -0.3 is 19.5 Å². The van der Waals surface area contributed by atoms with E-state index in [1.807, 2.05) is 34.9 Å². The van der Waals surface area contributed by atoms with Crippen LogP contribution in [-0.4, -0.2) is 71.9 Å². The topological polar surface area (TPSA) is 108 Å². The van der Waals surface area contributed by atoms with Crippen molar-refractivity contribution in [1.82, 2.24) is 14.4 Å². The summed E-state index contributed by atoms with van der Waals surface area (Å²) in [6.07, 6.45) is 0.699. The van der Waals surface area contributed by atoms with Crippen molar-refractivity contribution in [3.63, 3.8) is 0 Å². The molecule has 9 heteroatoms. The number of carbonyl (C=O) groups is 3. The van der Waals surface area contributed by atoms with Gasteiger partial charge in [-0.1, -0.05) is 30.3 Å². The molecule has 2 aromatic carbocycles. The standard InChI is InChI=1S/C28H27N5O4/c29-16-23-24(19-34)25-17-32(10-11-33(25)27(23)21-4-2-1-3-5-21)28(36)30-22-8-6-20(7-9-22)26(35)18-31-12-14-37-15-13-31/h1-9,19H,10-15,17-18H2,(H,30,36).